The van der Waals surface area contributed by atoms with Crippen LogP contribution in [0.3, 0.4) is 0 Å². The fourth-order valence-corrected chi connectivity index (χ4v) is 3.06. The molecule has 0 amide bonds. The van der Waals surface area contributed by atoms with Crippen LogP contribution in [-0.4, -0.2) is 11.7 Å². The Labute approximate surface area is 110 Å². The van der Waals surface area contributed by atoms with E-state index in [0.29, 0.717) is 17.2 Å². The van der Waals surface area contributed by atoms with E-state index >= 15 is 0 Å². The van der Waals surface area contributed by atoms with Gasteiger partial charge < -0.3 is 10.4 Å². The molecule has 2 rings (SSSR count). The molecular formula is C16H25NO. The third kappa shape index (κ3) is 3.05. The number of nitrogens with one attached hydrogen (secondary N) is 1. The summed E-state index contributed by atoms with van der Waals surface area (Å²) in [6.45, 7) is 5.58. The van der Waals surface area contributed by atoms with Gasteiger partial charge in [-0.25, -0.2) is 0 Å². The van der Waals surface area contributed by atoms with Gasteiger partial charge in [0.1, 0.15) is 5.75 Å². The molecule has 2 nitrogen and oxygen atoms in total. The second-order valence-electron chi connectivity index (χ2n) is 5.76. The average Bonchev–Trinajstić information content (AvgIpc) is 2.85. The van der Waals surface area contributed by atoms with Crippen LogP contribution in [-0.2, 0) is 0 Å². The van der Waals surface area contributed by atoms with Gasteiger partial charge in [-0.1, -0.05) is 31.9 Å². The van der Waals surface area contributed by atoms with Crippen molar-refractivity contribution in [1.29, 1.82) is 0 Å². The molecule has 0 bridgehead atoms. The van der Waals surface area contributed by atoms with Crippen molar-refractivity contribution < 1.29 is 5.11 Å². The molecule has 1 aromatic carbocycles. The van der Waals surface area contributed by atoms with Crippen molar-refractivity contribution in [2.75, 3.05) is 6.54 Å². The standard InChI is InChI=1S/C16H25NO/c1-3-16(9-4-5-10-16)12-17-13(2)14-7-6-8-15(18)11-14/h6-8,11,13,17-18H,3-5,9-10,12H2,1-2H3. The molecule has 0 radical (unpaired) electrons. The lowest BCUT2D eigenvalue weighted by Gasteiger charge is -2.29. The maximum Gasteiger partial charge on any atom is 0.115 e. The Hall–Kier alpha value is -1.02. The van der Waals surface area contributed by atoms with Crippen LogP contribution in [0.15, 0.2) is 24.3 Å². The molecular weight excluding hydrogens is 222 g/mol. The first-order valence-corrected chi connectivity index (χ1v) is 7.17. The van der Waals surface area contributed by atoms with Crippen LogP contribution in [0, 0.1) is 5.41 Å². The lowest BCUT2D eigenvalue weighted by atomic mass is 9.83. The molecule has 0 saturated heterocycles. The first-order valence-electron chi connectivity index (χ1n) is 7.17. The maximum atomic E-state index is 9.51. The molecule has 1 atom stereocenters. The lowest BCUT2D eigenvalue weighted by molar-refractivity contribution is 0.258. The fraction of sp³-hybridized carbons (Fsp3) is 0.625. The predicted octanol–water partition coefficient (Wildman–Crippen LogP) is 4.01. The largest absolute Gasteiger partial charge is 0.508 e. The van der Waals surface area contributed by atoms with E-state index in [0.717, 1.165) is 6.54 Å². The van der Waals surface area contributed by atoms with Crippen molar-refractivity contribution in [3.8, 4) is 5.75 Å². The number of aromatic hydroxyl groups is 1. The number of hydrogen-bond acceptors (Lipinski definition) is 2. The minimum absolute atomic E-state index is 0.307. The van der Waals surface area contributed by atoms with E-state index in [2.05, 4.69) is 25.2 Å². The summed E-state index contributed by atoms with van der Waals surface area (Å²) in [5.41, 5.74) is 1.68. The van der Waals surface area contributed by atoms with Gasteiger partial charge >= 0.3 is 0 Å². The van der Waals surface area contributed by atoms with Crippen molar-refractivity contribution in [3.05, 3.63) is 29.8 Å². The second-order valence-corrected chi connectivity index (χ2v) is 5.76. The highest BCUT2D eigenvalue weighted by Crippen LogP contribution is 2.40. The van der Waals surface area contributed by atoms with E-state index in [1.165, 1.54) is 37.7 Å². The van der Waals surface area contributed by atoms with E-state index < -0.39 is 0 Å². The molecule has 1 saturated carbocycles. The third-order valence-corrected chi connectivity index (χ3v) is 4.57. The van der Waals surface area contributed by atoms with Crippen LogP contribution in [0.1, 0.15) is 57.6 Å². The van der Waals surface area contributed by atoms with Gasteiger partial charge in [-0.3, -0.25) is 0 Å². The van der Waals surface area contributed by atoms with Gasteiger partial charge in [0, 0.05) is 12.6 Å². The van der Waals surface area contributed by atoms with Gasteiger partial charge in [0.25, 0.3) is 0 Å². The van der Waals surface area contributed by atoms with Crippen LogP contribution in [0.2, 0.25) is 0 Å². The van der Waals surface area contributed by atoms with Crippen molar-refractivity contribution in [1.82, 2.24) is 5.32 Å². The van der Waals surface area contributed by atoms with Crippen molar-refractivity contribution in [2.45, 2.75) is 52.0 Å². The van der Waals surface area contributed by atoms with Gasteiger partial charge in [0.05, 0.1) is 0 Å². The normalized spacial score (nSPS) is 19.9. The summed E-state index contributed by atoms with van der Waals surface area (Å²) in [5, 5.41) is 13.2. The predicted molar refractivity (Wildman–Crippen MR) is 75.7 cm³/mol. The van der Waals surface area contributed by atoms with Gasteiger partial charge in [-0.2, -0.15) is 0 Å². The Balaban J connectivity index is 1.93. The number of rotatable bonds is 5. The molecule has 1 aliphatic rings. The smallest absolute Gasteiger partial charge is 0.115 e. The van der Waals surface area contributed by atoms with E-state index in [1.54, 1.807) is 6.07 Å². The summed E-state index contributed by atoms with van der Waals surface area (Å²) < 4.78 is 0. The van der Waals surface area contributed by atoms with Gasteiger partial charge in [0.2, 0.25) is 0 Å². The van der Waals surface area contributed by atoms with Crippen LogP contribution in [0.25, 0.3) is 0 Å². The molecule has 1 unspecified atom stereocenters. The van der Waals surface area contributed by atoms with Crippen molar-refractivity contribution >= 4 is 0 Å². The highest BCUT2D eigenvalue weighted by molar-refractivity contribution is 5.29. The summed E-state index contributed by atoms with van der Waals surface area (Å²) in [6.07, 6.45) is 6.77. The third-order valence-electron chi connectivity index (χ3n) is 4.57. The molecule has 1 aromatic rings. The Morgan fingerprint density at radius 1 is 1.33 bits per heavy atom. The van der Waals surface area contributed by atoms with E-state index in [9.17, 15) is 5.11 Å². The van der Waals surface area contributed by atoms with Crippen LogP contribution >= 0.6 is 0 Å². The lowest BCUT2D eigenvalue weighted by Crippen LogP contribution is -2.33. The van der Waals surface area contributed by atoms with Crippen LogP contribution in [0.5, 0.6) is 5.75 Å². The SMILES string of the molecule is CCC1(CNC(C)c2cccc(O)c2)CCCC1. The maximum absolute atomic E-state index is 9.51. The summed E-state index contributed by atoms with van der Waals surface area (Å²) in [4.78, 5) is 0. The number of hydrogen-bond donors (Lipinski definition) is 2. The minimum atomic E-state index is 0.307. The van der Waals surface area contributed by atoms with Gasteiger partial charge in [-0.05, 0) is 49.3 Å². The van der Waals surface area contributed by atoms with Gasteiger partial charge in [-0.15, -0.1) is 0 Å². The molecule has 0 spiro atoms. The van der Waals surface area contributed by atoms with Crippen molar-refractivity contribution in [2.24, 2.45) is 5.41 Å². The average molecular weight is 247 g/mol. The number of phenols is 1. The summed E-state index contributed by atoms with van der Waals surface area (Å²) in [6, 6.07) is 7.87. The Morgan fingerprint density at radius 2 is 2.06 bits per heavy atom. The summed E-state index contributed by atoms with van der Waals surface area (Å²) >= 11 is 0. The first-order chi connectivity index (χ1) is 8.65. The zero-order valence-electron chi connectivity index (χ0n) is 11.6. The van der Waals surface area contributed by atoms with Crippen LogP contribution in [0.4, 0.5) is 0 Å². The fourth-order valence-electron chi connectivity index (χ4n) is 3.06. The minimum Gasteiger partial charge on any atom is -0.508 e. The molecule has 1 fully saturated rings. The highest BCUT2D eigenvalue weighted by atomic mass is 16.3. The van der Waals surface area contributed by atoms with Crippen LogP contribution < -0.4 is 5.32 Å². The van der Waals surface area contributed by atoms with Crippen molar-refractivity contribution in [3.63, 3.8) is 0 Å². The molecule has 0 aromatic heterocycles. The van der Waals surface area contributed by atoms with E-state index in [4.69, 9.17) is 0 Å². The van der Waals surface area contributed by atoms with E-state index in [-0.39, 0.29) is 0 Å². The number of phenolic OH excluding ortho intramolecular Hbond substituents is 1. The second kappa shape index (κ2) is 5.75. The molecule has 18 heavy (non-hydrogen) atoms. The van der Waals surface area contributed by atoms with E-state index in [1.807, 2.05) is 12.1 Å². The Morgan fingerprint density at radius 3 is 2.67 bits per heavy atom. The topological polar surface area (TPSA) is 32.3 Å². The van der Waals surface area contributed by atoms with Gasteiger partial charge in [0.15, 0.2) is 0 Å². The Kier molecular flexibility index (Phi) is 4.28. The molecule has 1 aliphatic carbocycles. The number of benzene rings is 1. The summed E-state index contributed by atoms with van der Waals surface area (Å²) in [5.74, 6) is 0.354. The molecule has 2 heteroatoms. The zero-order chi connectivity index (χ0) is 13.0. The highest BCUT2D eigenvalue weighted by Gasteiger charge is 2.31. The molecule has 0 heterocycles. The molecule has 0 aliphatic heterocycles. The Bertz CT molecular complexity index is 382. The molecule has 100 valence electrons. The monoisotopic (exact) mass is 247 g/mol. The first kappa shape index (κ1) is 13.4. The zero-order valence-corrected chi connectivity index (χ0v) is 11.6. The molecule has 2 N–H and O–H groups in total. The summed E-state index contributed by atoms with van der Waals surface area (Å²) in [7, 11) is 0. The quantitative estimate of drug-likeness (QED) is 0.824.